The first-order chi connectivity index (χ1) is 8.74. The highest BCUT2D eigenvalue weighted by molar-refractivity contribution is 5.69. The van der Waals surface area contributed by atoms with Crippen LogP contribution in [0.2, 0.25) is 0 Å². The Morgan fingerprint density at radius 3 is 2.56 bits per heavy atom. The average molecular weight is 246 g/mol. The highest BCUT2D eigenvalue weighted by atomic mass is 16.3. The summed E-state index contributed by atoms with van der Waals surface area (Å²) in [5, 5.41) is 17.7. The van der Waals surface area contributed by atoms with Gasteiger partial charge in [0.25, 0.3) is 0 Å². The minimum absolute atomic E-state index is 0.207. The maximum absolute atomic E-state index is 8.90. The van der Waals surface area contributed by atoms with E-state index in [9.17, 15) is 0 Å². The van der Waals surface area contributed by atoms with Crippen molar-refractivity contribution in [3.8, 4) is 6.07 Å². The van der Waals surface area contributed by atoms with Crippen LogP contribution in [0.4, 0.5) is 11.4 Å². The van der Waals surface area contributed by atoms with Crippen LogP contribution in [0.25, 0.3) is 0 Å². The number of piperazine rings is 1. The lowest BCUT2D eigenvalue weighted by atomic mass is 10.1. The van der Waals surface area contributed by atoms with Gasteiger partial charge >= 0.3 is 0 Å². The molecule has 0 unspecified atom stereocenters. The Hall–Kier alpha value is -1.77. The number of aliphatic hydroxyl groups is 1. The molecule has 1 aliphatic heterocycles. The number of rotatable bonds is 3. The quantitative estimate of drug-likeness (QED) is 0.748. The van der Waals surface area contributed by atoms with Crippen molar-refractivity contribution < 1.29 is 5.11 Å². The molecule has 1 aromatic rings. The van der Waals surface area contributed by atoms with E-state index in [-0.39, 0.29) is 6.61 Å². The fourth-order valence-electron chi connectivity index (χ4n) is 2.27. The number of β-amino-alcohol motifs (C(OH)–C–C–N with tert-alkyl or cyclic N) is 1. The summed E-state index contributed by atoms with van der Waals surface area (Å²) in [6, 6.07) is 7.51. The van der Waals surface area contributed by atoms with Crippen LogP contribution in [0.1, 0.15) is 5.56 Å². The minimum atomic E-state index is 0.207. The summed E-state index contributed by atoms with van der Waals surface area (Å²) in [4.78, 5) is 4.46. The van der Waals surface area contributed by atoms with Crippen LogP contribution >= 0.6 is 0 Å². The highest BCUT2D eigenvalue weighted by Gasteiger charge is 2.18. The van der Waals surface area contributed by atoms with Gasteiger partial charge in [-0.2, -0.15) is 5.26 Å². The second-order valence-electron chi connectivity index (χ2n) is 4.44. The van der Waals surface area contributed by atoms with E-state index in [1.807, 2.05) is 6.07 Å². The van der Waals surface area contributed by atoms with Crippen molar-refractivity contribution in [2.75, 3.05) is 50.0 Å². The van der Waals surface area contributed by atoms with E-state index in [0.717, 1.165) is 38.4 Å². The van der Waals surface area contributed by atoms with Crippen molar-refractivity contribution in [1.29, 1.82) is 5.26 Å². The predicted molar refractivity (Wildman–Crippen MR) is 71.3 cm³/mol. The molecule has 1 heterocycles. The Morgan fingerprint density at radius 2 is 2.00 bits per heavy atom. The number of nitrogens with two attached hydrogens (primary N) is 1. The zero-order valence-corrected chi connectivity index (χ0v) is 10.3. The van der Waals surface area contributed by atoms with Crippen molar-refractivity contribution in [2.24, 2.45) is 0 Å². The molecule has 96 valence electrons. The largest absolute Gasteiger partial charge is 0.397 e. The van der Waals surface area contributed by atoms with Gasteiger partial charge < -0.3 is 15.7 Å². The average Bonchev–Trinajstić information content (AvgIpc) is 2.40. The lowest BCUT2D eigenvalue weighted by Gasteiger charge is -2.36. The second-order valence-corrected chi connectivity index (χ2v) is 4.44. The normalized spacial score (nSPS) is 16.6. The van der Waals surface area contributed by atoms with E-state index in [1.165, 1.54) is 0 Å². The zero-order chi connectivity index (χ0) is 13.0. The Morgan fingerprint density at radius 1 is 1.28 bits per heavy atom. The summed E-state index contributed by atoms with van der Waals surface area (Å²) in [6.45, 7) is 4.60. The molecule has 3 N–H and O–H groups in total. The molecule has 1 aliphatic rings. The third-order valence-electron chi connectivity index (χ3n) is 3.29. The molecule has 2 rings (SSSR count). The van der Waals surface area contributed by atoms with Crippen molar-refractivity contribution in [3.63, 3.8) is 0 Å². The molecular weight excluding hydrogens is 228 g/mol. The Bertz CT molecular complexity index is 447. The van der Waals surface area contributed by atoms with Crippen LogP contribution in [0.15, 0.2) is 18.2 Å². The fraction of sp³-hybridized carbons (Fsp3) is 0.462. The molecular formula is C13H18N4O. The van der Waals surface area contributed by atoms with E-state index in [2.05, 4.69) is 15.9 Å². The fourth-order valence-corrected chi connectivity index (χ4v) is 2.27. The molecule has 0 saturated carbocycles. The van der Waals surface area contributed by atoms with Crippen LogP contribution in [0.5, 0.6) is 0 Å². The van der Waals surface area contributed by atoms with Gasteiger partial charge in [0.2, 0.25) is 0 Å². The molecule has 5 heteroatoms. The van der Waals surface area contributed by atoms with Crippen molar-refractivity contribution in [1.82, 2.24) is 4.90 Å². The number of nitriles is 1. The van der Waals surface area contributed by atoms with E-state index in [4.69, 9.17) is 16.1 Å². The van der Waals surface area contributed by atoms with Crippen LogP contribution < -0.4 is 10.6 Å². The molecule has 0 atom stereocenters. The SMILES string of the molecule is N#Cc1ccc(N2CCN(CCO)CC2)c(N)c1. The van der Waals surface area contributed by atoms with Crippen molar-refractivity contribution >= 4 is 11.4 Å². The second kappa shape index (κ2) is 5.71. The number of aliphatic hydroxyl groups excluding tert-OH is 1. The number of hydrogen-bond acceptors (Lipinski definition) is 5. The monoisotopic (exact) mass is 246 g/mol. The van der Waals surface area contributed by atoms with Gasteiger partial charge in [-0.25, -0.2) is 0 Å². The van der Waals surface area contributed by atoms with Gasteiger partial charge in [0, 0.05) is 32.7 Å². The van der Waals surface area contributed by atoms with Crippen LogP contribution in [-0.4, -0.2) is 49.3 Å². The molecule has 1 saturated heterocycles. The first kappa shape index (κ1) is 12.7. The van der Waals surface area contributed by atoms with Crippen LogP contribution in [0.3, 0.4) is 0 Å². The van der Waals surface area contributed by atoms with E-state index >= 15 is 0 Å². The van der Waals surface area contributed by atoms with Crippen molar-refractivity contribution in [2.45, 2.75) is 0 Å². The third kappa shape index (κ3) is 2.73. The van der Waals surface area contributed by atoms with Gasteiger partial charge in [-0.1, -0.05) is 0 Å². The van der Waals surface area contributed by atoms with E-state index in [1.54, 1.807) is 12.1 Å². The molecule has 0 aromatic heterocycles. The molecule has 0 bridgehead atoms. The smallest absolute Gasteiger partial charge is 0.0992 e. The van der Waals surface area contributed by atoms with Crippen LogP contribution in [0, 0.1) is 11.3 Å². The van der Waals surface area contributed by atoms with Gasteiger partial charge in [-0.15, -0.1) is 0 Å². The van der Waals surface area contributed by atoms with E-state index in [0.29, 0.717) is 11.3 Å². The number of anilines is 2. The standard InChI is InChI=1S/C13H18N4O/c14-10-11-1-2-13(12(15)9-11)17-5-3-16(4-6-17)7-8-18/h1-2,9,18H,3-8,15H2. The molecule has 18 heavy (non-hydrogen) atoms. The van der Waals surface area contributed by atoms with Crippen LogP contribution in [-0.2, 0) is 0 Å². The number of benzene rings is 1. The van der Waals surface area contributed by atoms with Gasteiger partial charge in [-0.3, -0.25) is 4.90 Å². The number of nitrogen functional groups attached to an aromatic ring is 1. The zero-order valence-electron chi connectivity index (χ0n) is 10.3. The molecule has 0 spiro atoms. The summed E-state index contributed by atoms with van der Waals surface area (Å²) in [7, 11) is 0. The molecule has 0 aliphatic carbocycles. The Labute approximate surface area is 107 Å². The van der Waals surface area contributed by atoms with Gasteiger partial charge in [-0.05, 0) is 18.2 Å². The summed E-state index contributed by atoms with van der Waals surface area (Å²) in [5.41, 5.74) is 8.22. The molecule has 1 fully saturated rings. The lowest BCUT2D eigenvalue weighted by Crippen LogP contribution is -2.47. The maximum atomic E-state index is 8.90. The summed E-state index contributed by atoms with van der Waals surface area (Å²) in [6.07, 6.45) is 0. The van der Waals surface area contributed by atoms with E-state index < -0.39 is 0 Å². The molecule has 0 amide bonds. The van der Waals surface area contributed by atoms with Gasteiger partial charge in [0.05, 0.1) is 29.6 Å². The summed E-state index contributed by atoms with van der Waals surface area (Å²) < 4.78 is 0. The predicted octanol–water partition coefficient (Wildman–Crippen LogP) is 0.255. The first-order valence-electron chi connectivity index (χ1n) is 6.12. The molecule has 0 radical (unpaired) electrons. The molecule has 1 aromatic carbocycles. The maximum Gasteiger partial charge on any atom is 0.0992 e. The first-order valence-corrected chi connectivity index (χ1v) is 6.12. The highest BCUT2D eigenvalue weighted by Crippen LogP contribution is 2.25. The Balaban J connectivity index is 2.04. The van der Waals surface area contributed by atoms with Gasteiger partial charge in [0.1, 0.15) is 0 Å². The topological polar surface area (TPSA) is 76.5 Å². The lowest BCUT2D eigenvalue weighted by molar-refractivity contribution is 0.189. The summed E-state index contributed by atoms with van der Waals surface area (Å²) >= 11 is 0. The van der Waals surface area contributed by atoms with Gasteiger partial charge in [0.15, 0.2) is 0 Å². The molecule has 5 nitrogen and oxygen atoms in total. The Kier molecular flexibility index (Phi) is 4.03. The minimum Gasteiger partial charge on any atom is -0.397 e. The number of nitrogens with zero attached hydrogens (tertiary/aromatic N) is 3. The summed E-state index contributed by atoms with van der Waals surface area (Å²) in [5.74, 6) is 0. The third-order valence-corrected chi connectivity index (χ3v) is 3.29. The number of hydrogen-bond donors (Lipinski definition) is 2. The van der Waals surface area contributed by atoms with Crippen molar-refractivity contribution in [3.05, 3.63) is 23.8 Å².